The first-order chi connectivity index (χ1) is 9.00. The molecule has 1 saturated heterocycles. The van der Waals surface area contributed by atoms with Crippen molar-refractivity contribution < 1.29 is 81.4 Å². The molecule has 1 aliphatic rings. The van der Waals surface area contributed by atoms with E-state index < -0.39 is 10.4 Å². The monoisotopic (exact) mass is 340 g/mol. The third kappa shape index (κ3) is 34.3. The average Bonchev–Trinajstić information content (AvgIpc) is 2.30. The van der Waals surface area contributed by atoms with E-state index in [4.69, 9.17) is 22.3 Å². The summed E-state index contributed by atoms with van der Waals surface area (Å²) in [6, 6.07) is 0. The van der Waals surface area contributed by atoms with Crippen LogP contribution in [0.25, 0.3) is 0 Å². The van der Waals surface area contributed by atoms with Crippen molar-refractivity contribution in [2.75, 3.05) is 13.2 Å². The van der Waals surface area contributed by atoms with Crippen LogP contribution in [0, 0.1) is 0 Å². The summed E-state index contributed by atoms with van der Waals surface area (Å²) in [4.78, 5) is 0. The summed E-state index contributed by atoms with van der Waals surface area (Å²) in [7, 11) is -5.17. The van der Waals surface area contributed by atoms with Crippen LogP contribution in [0.15, 0.2) is 0 Å². The van der Waals surface area contributed by atoms with Crippen molar-refractivity contribution in [1.82, 2.24) is 0 Å². The van der Waals surface area contributed by atoms with Crippen molar-refractivity contribution >= 4 is 10.4 Å². The van der Waals surface area contributed by atoms with E-state index in [1.54, 1.807) is 0 Å². The summed E-state index contributed by atoms with van der Waals surface area (Å²) in [5.41, 5.74) is 0. The van der Waals surface area contributed by atoms with Gasteiger partial charge in [-0.1, -0.05) is 57.8 Å². The standard InChI is InChI=1S/C13H26O.2Na.H2O4S/c1-2-4-6-8-10-12-14-13-11-9-7-5-3-1;;;1-5(2,3)4/h1-13H2;;;(H2,1,2,3,4)/q;2*+1;/p-2. The zero-order valence-corrected chi connectivity index (χ0v) is 18.5. The number of rotatable bonds is 0. The second-order valence-corrected chi connectivity index (χ2v) is 5.73. The minimum absolute atomic E-state index is 0. The predicted molar refractivity (Wildman–Crippen MR) is 72.1 cm³/mol. The molecule has 0 amide bonds. The minimum atomic E-state index is -5.17. The molecule has 0 aromatic heterocycles. The Morgan fingerprint density at radius 3 is 1.00 bits per heavy atom. The third-order valence-electron chi connectivity index (χ3n) is 3.08. The van der Waals surface area contributed by atoms with Crippen molar-refractivity contribution in [3.63, 3.8) is 0 Å². The van der Waals surface area contributed by atoms with Crippen molar-refractivity contribution in [2.45, 2.75) is 70.6 Å². The van der Waals surface area contributed by atoms with Crippen LogP contribution < -0.4 is 59.1 Å². The SMILES string of the molecule is C1CCCCCCOCCCCCC1.O=S(=O)([O-])[O-].[Na+].[Na+]. The third-order valence-corrected chi connectivity index (χ3v) is 3.08. The van der Waals surface area contributed by atoms with E-state index >= 15 is 0 Å². The van der Waals surface area contributed by atoms with Crippen LogP contribution in [0.1, 0.15) is 70.6 Å². The smallest absolute Gasteiger partial charge is 0.759 e. The van der Waals surface area contributed by atoms with Crippen LogP contribution >= 0.6 is 0 Å². The predicted octanol–water partition coefficient (Wildman–Crippen LogP) is -3.02. The van der Waals surface area contributed by atoms with E-state index in [-0.39, 0.29) is 59.1 Å². The first kappa shape index (κ1) is 27.7. The van der Waals surface area contributed by atoms with Gasteiger partial charge in [-0.15, -0.1) is 0 Å². The first-order valence-corrected chi connectivity index (χ1v) is 8.58. The Morgan fingerprint density at radius 2 is 0.762 bits per heavy atom. The van der Waals surface area contributed by atoms with Crippen LogP contribution in [-0.2, 0) is 15.1 Å². The van der Waals surface area contributed by atoms with E-state index in [0.29, 0.717) is 0 Å². The molecule has 0 unspecified atom stereocenters. The molecule has 21 heavy (non-hydrogen) atoms. The Labute approximate surface area is 174 Å². The summed E-state index contributed by atoms with van der Waals surface area (Å²) < 4.78 is 39.7. The number of hydrogen-bond acceptors (Lipinski definition) is 5. The Hall–Kier alpha value is 1.83. The van der Waals surface area contributed by atoms with Crippen LogP contribution in [0.2, 0.25) is 0 Å². The fraction of sp³-hybridized carbons (Fsp3) is 1.00. The number of ether oxygens (including phenoxy) is 1. The summed E-state index contributed by atoms with van der Waals surface area (Å²) in [5, 5.41) is 0. The average molecular weight is 340 g/mol. The molecule has 0 spiro atoms. The van der Waals surface area contributed by atoms with Crippen molar-refractivity contribution in [3.05, 3.63) is 0 Å². The maximum atomic E-state index is 8.52. The van der Waals surface area contributed by atoms with Gasteiger partial charge in [0, 0.05) is 23.6 Å². The molecule has 0 aromatic rings. The molecule has 0 N–H and O–H groups in total. The molecule has 1 aliphatic heterocycles. The topological polar surface area (TPSA) is 89.5 Å². The Kier molecular flexibility index (Phi) is 26.2. The van der Waals surface area contributed by atoms with Gasteiger partial charge in [-0.25, -0.2) is 0 Å². The molecule has 8 heteroatoms. The largest absolute Gasteiger partial charge is 1.00 e. The molecule has 1 fully saturated rings. The summed E-state index contributed by atoms with van der Waals surface area (Å²) >= 11 is 0. The molecule has 5 nitrogen and oxygen atoms in total. The zero-order valence-electron chi connectivity index (χ0n) is 13.6. The molecule has 116 valence electrons. The summed E-state index contributed by atoms with van der Waals surface area (Å²) in [5.74, 6) is 0. The quantitative estimate of drug-likeness (QED) is 0.266. The second kappa shape index (κ2) is 19.9. The Bertz CT molecular complexity index is 225. The molecule has 0 radical (unpaired) electrons. The number of hydrogen-bond donors (Lipinski definition) is 0. The van der Waals surface area contributed by atoms with Crippen LogP contribution in [-0.4, -0.2) is 30.7 Å². The van der Waals surface area contributed by atoms with Gasteiger partial charge in [-0.2, -0.15) is 0 Å². The van der Waals surface area contributed by atoms with Crippen molar-refractivity contribution in [2.24, 2.45) is 0 Å². The van der Waals surface area contributed by atoms with E-state index in [1.165, 1.54) is 70.6 Å². The van der Waals surface area contributed by atoms with E-state index in [9.17, 15) is 0 Å². The maximum Gasteiger partial charge on any atom is 1.00 e. The molecular weight excluding hydrogens is 314 g/mol. The maximum absolute atomic E-state index is 8.52. The van der Waals surface area contributed by atoms with Gasteiger partial charge >= 0.3 is 59.1 Å². The van der Waals surface area contributed by atoms with Gasteiger partial charge in [0.1, 0.15) is 0 Å². The molecule has 1 rings (SSSR count). The van der Waals surface area contributed by atoms with Crippen LogP contribution in [0.3, 0.4) is 0 Å². The van der Waals surface area contributed by atoms with Crippen molar-refractivity contribution in [1.29, 1.82) is 0 Å². The first-order valence-electron chi connectivity index (χ1n) is 7.24. The van der Waals surface area contributed by atoms with Gasteiger partial charge < -0.3 is 13.8 Å². The molecule has 0 aromatic carbocycles. The van der Waals surface area contributed by atoms with Crippen LogP contribution in [0.5, 0.6) is 0 Å². The van der Waals surface area contributed by atoms with E-state index in [2.05, 4.69) is 0 Å². The fourth-order valence-electron chi connectivity index (χ4n) is 2.10. The van der Waals surface area contributed by atoms with Gasteiger partial charge in [0.05, 0.1) is 0 Å². The molecule has 0 saturated carbocycles. The fourth-order valence-corrected chi connectivity index (χ4v) is 2.10. The summed E-state index contributed by atoms with van der Waals surface area (Å²) in [6.07, 6.45) is 15.4. The zero-order chi connectivity index (χ0) is 14.4. The molecule has 0 aliphatic carbocycles. The Morgan fingerprint density at radius 1 is 0.571 bits per heavy atom. The molecule has 0 atom stereocenters. The minimum Gasteiger partial charge on any atom is -0.759 e. The van der Waals surface area contributed by atoms with Gasteiger partial charge in [0.2, 0.25) is 0 Å². The van der Waals surface area contributed by atoms with Crippen molar-refractivity contribution in [3.8, 4) is 0 Å². The second-order valence-electron chi connectivity index (χ2n) is 4.91. The van der Waals surface area contributed by atoms with E-state index in [1.807, 2.05) is 0 Å². The van der Waals surface area contributed by atoms with Gasteiger partial charge in [-0.3, -0.25) is 8.42 Å². The van der Waals surface area contributed by atoms with Gasteiger partial charge in [0.15, 0.2) is 0 Å². The molecular formula is C13H26Na2O5S. The van der Waals surface area contributed by atoms with E-state index in [0.717, 1.165) is 13.2 Å². The Balaban J connectivity index is -0.000000405. The molecule has 1 heterocycles. The molecule has 0 bridgehead atoms. The van der Waals surface area contributed by atoms with Crippen LogP contribution in [0.4, 0.5) is 0 Å². The summed E-state index contributed by atoms with van der Waals surface area (Å²) in [6.45, 7) is 2.00. The van der Waals surface area contributed by atoms with Gasteiger partial charge in [-0.05, 0) is 12.8 Å². The van der Waals surface area contributed by atoms with Gasteiger partial charge in [0.25, 0.3) is 0 Å². The normalized spacial score (nSPS) is 18.8.